The molecule has 0 amide bonds. The van der Waals surface area contributed by atoms with Crippen LogP contribution in [0, 0.1) is 20.2 Å². The lowest BCUT2D eigenvalue weighted by Crippen LogP contribution is -1.99. The van der Waals surface area contributed by atoms with Crippen LogP contribution in [0.4, 0.5) is 17.1 Å². The normalized spacial score (nSPS) is 12.7. The van der Waals surface area contributed by atoms with Crippen molar-refractivity contribution in [1.82, 2.24) is 0 Å². The molecule has 0 aliphatic rings. The van der Waals surface area contributed by atoms with Crippen molar-refractivity contribution in [3.63, 3.8) is 0 Å². The lowest BCUT2D eigenvalue weighted by molar-refractivity contribution is -0.393. The Bertz CT molecular complexity index is 585. The van der Waals surface area contributed by atoms with E-state index in [1.165, 1.54) is 24.4 Å². The van der Waals surface area contributed by atoms with Gasteiger partial charge in [0, 0.05) is 12.3 Å². The number of allylic oxidation sites excluding steroid dienone is 1. The molecule has 0 radical (unpaired) electrons. The van der Waals surface area contributed by atoms with Gasteiger partial charge in [0.25, 0.3) is 5.69 Å². The van der Waals surface area contributed by atoms with Gasteiger partial charge in [-0.05, 0) is 18.6 Å². The highest BCUT2D eigenvalue weighted by molar-refractivity contribution is 5.73. The molecule has 9 heteroatoms. The highest BCUT2D eigenvalue weighted by Crippen LogP contribution is 2.28. The number of benzene rings is 1. The number of hydrogen-bond acceptors (Lipinski definition) is 7. The number of nitrogens with one attached hydrogen (secondary N) is 1. The van der Waals surface area contributed by atoms with Gasteiger partial charge in [-0.2, -0.15) is 5.10 Å². The summed E-state index contributed by atoms with van der Waals surface area (Å²) in [4.78, 5) is 20.0. The average molecular weight is 294 g/mol. The molecule has 0 aliphatic heterocycles. The predicted molar refractivity (Wildman–Crippen MR) is 77.3 cm³/mol. The van der Waals surface area contributed by atoms with Gasteiger partial charge in [-0.1, -0.05) is 13.0 Å². The summed E-state index contributed by atoms with van der Waals surface area (Å²) in [5.41, 5.74) is 1.64. The van der Waals surface area contributed by atoms with Gasteiger partial charge >= 0.3 is 5.69 Å². The number of hydrazone groups is 1. The van der Waals surface area contributed by atoms with Crippen LogP contribution >= 0.6 is 0 Å². The molecule has 0 spiro atoms. The highest BCUT2D eigenvalue weighted by atomic mass is 16.6. The molecule has 0 heterocycles. The molecule has 0 aliphatic carbocycles. The van der Waals surface area contributed by atoms with Crippen LogP contribution in [-0.4, -0.2) is 27.3 Å². The number of hydrogen-bond donors (Lipinski definition) is 2. The van der Waals surface area contributed by atoms with E-state index in [0.29, 0.717) is 6.42 Å². The second-order valence-electron chi connectivity index (χ2n) is 3.97. The van der Waals surface area contributed by atoms with E-state index in [1.54, 1.807) is 0 Å². The van der Waals surface area contributed by atoms with Crippen LogP contribution in [0.3, 0.4) is 0 Å². The standard InChI is InChI=1S/C12H14N4O5/c1-2-10(17)4-3-7-13-14-11-6-5-9(15(18)19)8-12(11)16(20)21/h3-8,10,14,17H,2H2,1H3/b4-3+,13-7+. The van der Waals surface area contributed by atoms with Gasteiger partial charge in [-0.3, -0.25) is 25.7 Å². The second-order valence-corrected chi connectivity index (χ2v) is 3.97. The number of rotatable bonds is 7. The average Bonchev–Trinajstić information content (AvgIpc) is 2.46. The third kappa shape index (κ3) is 4.99. The monoisotopic (exact) mass is 294 g/mol. The van der Waals surface area contributed by atoms with E-state index in [0.717, 1.165) is 12.1 Å². The molecular weight excluding hydrogens is 280 g/mol. The highest BCUT2D eigenvalue weighted by Gasteiger charge is 2.18. The zero-order chi connectivity index (χ0) is 15.8. The molecule has 0 fully saturated rings. The first-order chi connectivity index (χ1) is 9.95. The first-order valence-corrected chi connectivity index (χ1v) is 6.02. The van der Waals surface area contributed by atoms with Gasteiger partial charge in [-0.25, -0.2) is 0 Å². The van der Waals surface area contributed by atoms with Crippen molar-refractivity contribution in [3.8, 4) is 0 Å². The minimum absolute atomic E-state index is 0.0336. The fourth-order valence-corrected chi connectivity index (χ4v) is 1.34. The molecule has 9 nitrogen and oxygen atoms in total. The van der Waals surface area contributed by atoms with Gasteiger partial charge in [0.15, 0.2) is 0 Å². The van der Waals surface area contributed by atoms with E-state index in [1.807, 2.05) is 6.92 Å². The molecule has 1 aromatic rings. The van der Waals surface area contributed by atoms with E-state index in [4.69, 9.17) is 0 Å². The Hall–Kier alpha value is -2.81. The van der Waals surface area contributed by atoms with Crippen molar-refractivity contribution in [2.45, 2.75) is 19.4 Å². The molecular formula is C12H14N4O5. The number of nitrogens with zero attached hydrogens (tertiary/aromatic N) is 3. The molecule has 1 aromatic carbocycles. The first-order valence-electron chi connectivity index (χ1n) is 6.02. The maximum atomic E-state index is 10.9. The number of nitro benzene ring substituents is 2. The minimum atomic E-state index is -0.735. The number of nitro groups is 2. The molecule has 21 heavy (non-hydrogen) atoms. The molecule has 0 saturated heterocycles. The van der Waals surface area contributed by atoms with E-state index in [9.17, 15) is 25.3 Å². The van der Waals surface area contributed by atoms with Gasteiger partial charge in [0.1, 0.15) is 5.69 Å². The lowest BCUT2D eigenvalue weighted by Gasteiger charge is -2.01. The van der Waals surface area contributed by atoms with Gasteiger partial charge < -0.3 is 5.11 Å². The third-order valence-corrected chi connectivity index (χ3v) is 2.49. The Morgan fingerprint density at radius 1 is 1.38 bits per heavy atom. The molecule has 2 N–H and O–H groups in total. The smallest absolute Gasteiger partial charge is 0.301 e. The summed E-state index contributed by atoms with van der Waals surface area (Å²) in [7, 11) is 0. The number of non-ortho nitro benzene ring substituents is 1. The van der Waals surface area contributed by atoms with E-state index < -0.39 is 21.6 Å². The fourth-order valence-electron chi connectivity index (χ4n) is 1.34. The summed E-state index contributed by atoms with van der Waals surface area (Å²) >= 11 is 0. The summed E-state index contributed by atoms with van der Waals surface area (Å²) in [6.45, 7) is 1.81. The number of aliphatic hydroxyl groups is 1. The Labute approximate surface area is 119 Å². The van der Waals surface area contributed by atoms with E-state index in [-0.39, 0.29) is 11.4 Å². The van der Waals surface area contributed by atoms with Crippen LogP contribution in [0.5, 0.6) is 0 Å². The Kier molecular flexibility index (Phi) is 5.96. The summed E-state index contributed by atoms with van der Waals surface area (Å²) in [5, 5.41) is 34.4. The lowest BCUT2D eigenvalue weighted by atomic mass is 10.2. The minimum Gasteiger partial charge on any atom is -0.389 e. The van der Waals surface area contributed by atoms with E-state index in [2.05, 4.69) is 10.5 Å². The van der Waals surface area contributed by atoms with Crippen molar-refractivity contribution < 1.29 is 15.0 Å². The number of aliphatic hydroxyl groups excluding tert-OH is 1. The van der Waals surface area contributed by atoms with Gasteiger partial charge in [-0.15, -0.1) is 0 Å². The molecule has 112 valence electrons. The zero-order valence-corrected chi connectivity index (χ0v) is 11.2. The summed E-state index contributed by atoms with van der Waals surface area (Å²) in [6, 6.07) is 3.20. The molecule has 0 bridgehead atoms. The van der Waals surface area contributed by atoms with Crippen LogP contribution in [-0.2, 0) is 0 Å². The molecule has 0 aromatic heterocycles. The van der Waals surface area contributed by atoms with Crippen molar-refractivity contribution in [3.05, 3.63) is 50.6 Å². The summed E-state index contributed by atoms with van der Waals surface area (Å²) < 4.78 is 0. The van der Waals surface area contributed by atoms with E-state index >= 15 is 0 Å². The second kappa shape index (κ2) is 7.70. The Morgan fingerprint density at radius 2 is 2.10 bits per heavy atom. The number of anilines is 1. The molecule has 1 rings (SSSR count). The quantitative estimate of drug-likeness (QED) is 0.450. The summed E-state index contributed by atoms with van der Waals surface area (Å²) in [5.74, 6) is 0. The van der Waals surface area contributed by atoms with Crippen LogP contribution in [0.25, 0.3) is 0 Å². The fraction of sp³-hybridized carbons (Fsp3) is 0.250. The first kappa shape index (κ1) is 16.2. The SMILES string of the molecule is CCC(O)/C=C/C=N/Nc1ccc([N+](=O)[O-])cc1[N+](=O)[O-]. The van der Waals surface area contributed by atoms with Crippen molar-refractivity contribution in [2.24, 2.45) is 5.10 Å². The third-order valence-electron chi connectivity index (χ3n) is 2.49. The molecule has 1 atom stereocenters. The largest absolute Gasteiger partial charge is 0.389 e. The van der Waals surface area contributed by atoms with Crippen molar-refractivity contribution >= 4 is 23.3 Å². The van der Waals surface area contributed by atoms with Crippen molar-refractivity contribution in [2.75, 3.05) is 5.43 Å². The van der Waals surface area contributed by atoms with Crippen LogP contribution in [0.15, 0.2) is 35.5 Å². The van der Waals surface area contributed by atoms with Crippen LogP contribution in [0.1, 0.15) is 13.3 Å². The van der Waals surface area contributed by atoms with Crippen molar-refractivity contribution in [1.29, 1.82) is 0 Å². The molecule has 0 saturated carbocycles. The summed E-state index contributed by atoms with van der Waals surface area (Å²) in [6.07, 6.45) is 4.29. The maximum Gasteiger partial charge on any atom is 0.301 e. The Morgan fingerprint density at radius 3 is 2.67 bits per heavy atom. The van der Waals surface area contributed by atoms with Crippen LogP contribution < -0.4 is 5.43 Å². The Balaban J connectivity index is 2.84. The topological polar surface area (TPSA) is 131 Å². The maximum absolute atomic E-state index is 10.9. The van der Waals surface area contributed by atoms with Gasteiger partial charge in [0.2, 0.25) is 0 Å². The zero-order valence-electron chi connectivity index (χ0n) is 11.2. The van der Waals surface area contributed by atoms with Gasteiger partial charge in [0.05, 0.1) is 22.0 Å². The molecule has 1 unspecified atom stereocenters. The van der Waals surface area contributed by atoms with Crippen LogP contribution in [0.2, 0.25) is 0 Å². The predicted octanol–water partition coefficient (Wildman–Crippen LogP) is 2.23.